The van der Waals surface area contributed by atoms with Gasteiger partial charge in [-0.25, -0.2) is 4.98 Å². The van der Waals surface area contributed by atoms with Crippen molar-refractivity contribution >= 4 is 0 Å². The summed E-state index contributed by atoms with van der Waals surface area (Å²) in [7, 11) is 0. The molecule has 0 aliphatic carbocycles. The standard InChI is InChI=1S/C17H16N2/c1-2-19-13-18-12-17(19)16-10-8-15(9-11-16)14-6-4-3-5-7-14/h3-13H,2H2,1H3. The molecule has 2 nitrogen and oxygen atoms in total. The highest BCUT2D eigenvalue weighted by Gasteiger charge is 2.04. The molecule has 0 bridgehead atoms. The smallest absolute Gasteiger partial charge is 0.0950 e. The lowest BCUT2D eigenvalue weighted by Crippen LogP contribution is -1.94. The summed E-state index contributed by atoms with van der Waals surface area (Å²) in [6.07, 6.45) is 3.79. The lowest BCUT2D eigenvalue weighted by molar-refractivity contribution is 0.769. The average molecular weight is 248 g/mol. The normalized spacial score (nSPS) is 10.6. The van der Waals surface area contributed by atoms with E-state index in [1.165, 1.54) is 22.4 Å². The van der Waals surface area contributed by atoms with Crippen molar-refractivity contribution in [1.29, 1.82) is 0 Å². The van der Waals surface area contributed by atoms with E-state index in [0.717, 1.165) is 6.54 Å². The Morgan fingerprint density at radius 3 is 2.16 bits per heavy atom. The van der Waals surface area contributed by atoms with E-state index in [1.807, 2.05) is 18.6 Å². The maximum Gasteiger partial charge on any atom is 0.0950 e. The molecule has 0 amide bonds. The molecule has 3 rings (SSSR count). The maximum absolute atomic E-state index is 4.21. The predicted octanol–water partition coefficient (Wildman–Crippen LogP) is 4.24. The van der Waals surface area contributed by atoms with Crippen molar-refractivity contribution in [2.24, 2.45) is 0 Å². The molecular weight excluding hydrogens is 232 g/mol. The van der Waals surface area contributed by atoms with Crippen LogP contribution in [0.4, 0.5) is 0 Å². The molecule has 0 aliphatic heterocycles. The van der Waals surface area contributed by atoms with E-state index >= 15 is 0 Å². The number of rotatable bonds is 3. The largest absolute Gasteiger partial charge is 0.331 e. The second kappa shape index (κ2) is 5.11. The Morgan fingerprint density at radius 2 is 1.47 bits per heavy atom. The van der Waals surface area contributed by atoms with Crippen molar-refractivity contribution in [2.45, 2.75) is 13.5 Å². The minimum Gasteiger partial charge on any atom is -0.331 e. The zero-order valence-electron chi connectivity index (χ0n) is 11.0. The number of imidazole rings is 1. The van der Waals surface area contributed by atoms with Gasteiger partial charge in [0.1, 0.15) is 0 Å². The summed E-state index contributed by atoms with van der Waals surface area (Å²) in [5, 5.41) is 0. The molecule has 0 radical (unpaired) electrons. The van der Waals surface area contributed by atoms with Crippen molar-refractivity contribution in [2.75, 3.05) is 0 Å². The Labute approximate surface area is 113 Å². The van der Waals surface area contributed by atoms with E-state index in [0.29, 0.717) is 0 Å². The fourth-order valence-electron chi connectivity index (χ4n) is 2.28. The molecule has 0 unspecified atom stereocenters. The first-order valence-corrected chi connectivity index (χ1v) is 6.54. The van der Waals surface area contributed by atoms with Gasteiger partial charge in [0, 0.05) is 6.54 Å². The predicted molar refractivity (Wildman–Crippen MR) is 78.8 cm³/mol. The Balaban J connectivity index is 1.96. The average Bonchev–Trinajstić information content (AvgIpc) is 2.97. The van der Waals surface area contributed by atoms with Crippen molar-refractivity contribution in [1.82, 2.24) is 9.55 Å². The summed E-state index contributed by atoms with van der Waals surface area (Å²) >= 11 is 0. The number of benzene rings is 2. The van der Waals surface area contributed by atoms with Gasteiger partial charge in [-0.1, -0.05) is 54.6 Å². The molecule has 1 aromatic heterocycles. The minimum absolute atomic E-state index is 0.940. The zero-order valence-corrected chi connectivity index (χ0v) is 11.0. The van der Waals surface area contributed by atoms with Crippen LogP contribution in [0.2, 0.25) is 0 Å². The van der Waals surface area contributed by atoms with Crippen LogP contribution in [0.5, 0.6) is 0 Å². The third-order valence-corrected chi connectivity index (χ3v) is 3.34. The molecule has 0 saturated heterocycles. The van der Waals surface area contributed by atoms with E-state index in [2.05, 4.69) is 65.0 Å². The summed E-state index contributed by atoms with van der Waals surface area (Å²) < 4.78 is 2.15. The Hall–Kier alpha value is -2.35. The SMILES string of the molecule is CCn1cncc1-c1ccc(-c2ccccc2)cc1. The van der Waals surface area contributed by atoms with Crippen LogP contribution in [0, 0.1) is 0 Å². The van der Waals surface area contributed by atoms with Crippen molar-refractivity contribution in [3.05, 3.63) is 67.1 Å². The van der Waals surface area contributed by atoms with Gasteiger partial charge in [0.2, 0.25) is 0 Å². The van der Waals surface area contributed by atoms with Crippen LogP contribution < -0.4 is 0 Å². The molecule has 2 heteroatoms. The molecule has 2 aromatic carbocycles. The lowest BCUT2D eigenvalue weighted by atomic mass is 10.0. The molecule has 0 aliphatic rings. The van der Waals surface area contributed by atoms with Gasteiger partial charge in [-0.05, 0) is 23.6 Å². The van der Waals surface area contributed by atoms with Gasteiger partial charge in [-0.3, -0.25) is 0 Å². The van der Waals surface area contributed by atoms with Crippen LogP contribution in [0.3, 0.4) is 0 Å². The van der Waals surface area contributed by atoms with Crippen molar-refractivity contribution in [3.8, 4) is 22.4 Å². The highest BCUT2D eigenvalue weighted by molar-refractivity contribution is 5.68. The molecule has 94 valence electrons. The van der Waals surface area contributed by atoms with Crippen LogP contribution in [0.25, 0.3) is 22.4 Å². The van der Waals surface area contributed by atoms with Gasteiger partial charge < -0.3 is 4.57 Å². The third-order valence-electron chi connectivity index (χ3n) is 3.34. The number of hydrogen-bond donors (Lipinski definition) is 0. The molecule has 0 atom stereocenters. The van der Waals surface area contributed by atoms with Crippen LogP contribution in [0.15, 0.2) is 67.1 Å². The van der Waals surface area contributed by atoms with Crippen LogP contribution in [0.1, 0.15) is 6.92 Å². The second-order valence-corrected chi connectivity index (χ2v) is 4.51. The molecule has 3 aromatic rings. The highest BCUT2D eigenvalue weighted by Crippen LogP contribution is 2.24. The van der Waals surface area contributed by atoms with Crippen LogP contribution in [-0.4, -0.2) is 9.55 Å². The Bertz CT molecular complexity index is 651. The van der Waals surface area contributed by atoms with Gasteiger partial charge >= 0.3 is 0 Å². The number of hydrogen-bond acceptors (Lipinski definition) is 1. The molecule has 0 fully saturated rings. The zero-order chi connectivity index (χ0) is 13.1. The summed E-state index contributed by atoms with van der Waals surface area (Å²) in [4.78, 5) is 4.21. The maximum atomic E-state index is 4.21. The summed E-state index contributed by atoms with van der Waals surface area (Å²) in [6.45, 7) is 3.07. The summed E-state index contributed by atoms with van der Waals surface area (Å²) in [5.41, 5.74) is 4.87. The van der Waals surface area contributed by atoms with E-state index in [-0.39, 0.29) is 0 Å². The van der Waals surface area contributed by atoms with Gasteiger partial charge in [0.15, 0.2) is 0 Å². The molecule has 0 spiro atoms. The third kappa shape index (κ3) is 2.29. The summed E-state index contributed by atoms with van der Waals surface area (Å²) in [5.74, 6) is 0. The Kier molecular flexibility index (Phi) is 3.15. The fraction of sp³-hybridized carbons (Fsp3) is 0.118. The van der Waals surface area contributed by atoms with Gasteiger partial charge in [-0.2, -0.15) is 0 Å². The van der Waals surface area contributed by atoms with Gasteiger partial charge in [0.25, 0.3) is 0 Å². The van der Waals surface area contributed by atoms with Crippen molar-refractivity contribution < 1.29 is 0 Å². The number of aryl methyl sites for hydroxylation is 1. The minimum atomic E-state index is 0.940. The van der Waals surface area contributed by atoms with E-state index in [4.69, 9.17) is 0 Å². The molecule has 19 heavy (non-hydrogen) atoms. The summed E-state index contributed by atoms with van der Waals surface area (Å²) in [6, 6.07) is 19.1. The monoisotopic (exact) mass is 248 g/mol. The van der Waals surface area contributed by atoms with Crippen LogP contribution >= 0.6 is 0 Å². The molecule has 0 saturated carbocycles. The first kappa shape index (κ1) is 11.7. The highest BCUT2D eigenvalue weighted by atomic mass is 15.0. The molecular formula is C17H16N2. The van der Waals surface area contributed by atoms with Crippen molar-refractivity contribution in [3.63, 3.8) is 0 Å². The number of nitrogens with zero attached hydrogens (tertiary/aromatic N) is 2. The lowest BCUT2D eigenvalue weighted by Gasteiger charge is -2.07. The van der Waals surface area contributed by atoms with E-state index < -0.39 is 0 Å². The molecule has 0 N–H and O–H groups in total. The quantitative estimate of drug-likeness (QED) is 0.678. The topological polar surface area (TPSA) is 17.8 Å². The van der Waals surface area contributed by atoms with E-state index in [1.54, 1.807) is 0 Å². The second-order valence-electron chi connectivity index (χ2n) is 4.51. The van der Waals surface area contributed by atoms with Crippen LogP contribution in [-0.2, 0) is 6.54 Å². The van der Waals surface area contributed by atoms with Gasteiger partial charge in [0.05, 0.1) is 18.2 Å². The number of aromatic nitrogens is 2. The Morgan fingerprint density at radius 1 is 0.842 bits per heavy atom. The van der Waals surface area contributed by atoms with E-state index in [9.17, 15) is 0 Å². The first-order valence-electron chi connectivity index (χ1n) is 6.54. The van der Waals surface area contributed by atoms with Gasteiger partial charge in [-0.15, -0.1) is 0 Å². The fourth-order valence-corrected chi connectivity index (χ4v) is 2.28. The molecule has 1 heterocycles. The first-order chi connectivity index (χ1) is 9.38.